The smallest absolute Gasteiger partial charge is 0.146 e. The van der Waals surface area contributed by atoms with Crippen LogP contribution in [0.1, 0.15) is 5.56 Å². The summed E-state index contributed by atoms with van der Waals surface area (Å²) in [6.45, 7) is 0.431. The van der Waals surface area contributed by atoms with E-state index in [1.54, 1.807) is 24.3 Å². The molecule has 1 nitrogen and oxygen atoms in total. The molecule has 0 aromatic heterocycles. The van der Waals surface area contributed by atoms with E-state index < -0.39 is 0 Å². The Labute approximate surface area is 109 Å². The first-order valence-electron chi connectivity index (χ1n) is 5.10. The van der Waals surface area contributed by atoms with Crippen LogP contribution in [0.3, 0.4) is 0 Å². The molecule has 2 aromatic carbocycles. The van der Waals surface area contributed by atoms with Crippen molar-refractivity contribution in [2.75, 3.05) is 5.32 Å². The standard InChI is InChI=1S/C13H10Cl2FN/c14-10-5-3-4-9(13(10)15)8-17-12-7-2-1-6-11(12)16/h1-7,17H,8H2. The van der Waals surface area contributed by atoms with Gasteiger partial charge in [0.2, 0.25) is 0 Å². The maximum Gasteiger partial charge on any atom is 0.146 e. The highest BCUT2D eigenvalue weighted by atomic mass is 35.5. The molecule has 2 rings (SSSR count). The van der Waals surface area contributed by atoms with E-state index in [9.17, 15) is 4.39 Å². The number of hydrogen-bond acceptors (Lipinski definition) is 1. The fourth-order valence-electron chi connectivity index (χ4n) is 1.48. The van der Waals surface area contributed by atoms with E-state index in [4.69, 9.17) is 23.2 Å². The lowest BCUT2D eigenvalue weighted by molar-refractivity contribution is 0.630. The van der Waals surface area contributed by atoms with Crippen LogP contribution in [-0.4, -0.2) is 0 Å². The molecule has 2 aromatic rings. The topological polar surface area (TPSA) is 12.0 Å². The molecule has 17 heavy (non-hydrogen) atoms. The quantitative estimate of drug-likeness (QED) is 0.849. The van der Waals surface area contributed by atoms with E-state index >= 15 is 0 Å². The first-order valence-corrected chi connectivity index (χ1v) is 5.85. The number of halogens is 3. The fourth-order valence-corrected chi connectivity index (χ4v) is 1.87. The van der Waals surface area contributed by atoms with Crippen molar-refractivity contribution in [3.63, 3.8) is 0 Å². The maximum atomic E-state index is 13.4. The highest BCUT2D eigenvalue weighted by molar-refractivity contribution is 6.42. The number of benzene rings is 2. The van der Waals surface area contributed by atoms with E-state index in [-0.39, 0.29) is 5.82 Å². The highest BCUT2D eigenvalue weighted by Crippen LogP contribution is 2.26. The second kappa shape index (κ2) is 5.39. The first-order chi connectivity index (χ1) is 8.18. The third kappa shape index (κ3) is 2.90. The third-order valence-corrected chi connectivity index (χ3v) is 3.23. The Kier molecular flexibility index (Phi) is 3.87. The van der Waals surface area contributed by atoms with Crippen molar-refractivity contribution in [1.29, 1.82) is 0 Å². The van der Waals surface area contributed by atoms with Crippen LogP contribution >= 0.6 is 23.2 Å². The lowest BCUT2D eigenvalue weighted by Crippen LogP contribution is -2.01. The Hall–Kier alpha value is -1.25. The molecular weight excluding hydrogens is 260 g/mol. The Morgan fingerprint density at radius 3 is 2.53 bits per heavy atom. The van der Waals surface area contributed by atoms with Crippen LogP contribution in [0.4, 0.5) is 10.1 Å². The van der Waals surface area contributed by atoms with Crippen molar-refractivity contribution < 1.29 is 4.39 Å². The van der Waals surface area contributed by atoms with Gasteiger partial charge < -0.3 is 5.32 Å². The Bertz CT molecular complexity index is 529. The molecule has 0 aliphatic heterocycles. The van der Waals surface area contributed by atoms with Crippen LogP contribution in [0.2, 0.25) is 10.0 Å². The maximum absolute atomic E-state index is 13.4. The first kappa shape index (κ1) is 12.2. The Balaban J connectivity index is 2.13. The summed E-state index contributed by atoms with van der Waals surface area (Å²) in [7, 11) is 0. The van der Waals surface area contributed by atoms with Gasteiger partial charge in [-0.3, -0.25) is 0 Å². The van der Waals surface area contributed by atoms with Crippen LogP contribution in [0.25, 0.3) is 0 Å². The molecule has 4 heteroatoms. The molecule has 0 saturated heterocycles. The Morgan fingerprint density at radius 2 is 1.76 bits per heavy atom. The SMILES string of the molecule is Fc1ccccc1NCc1cccc(Cl)c1Cl. The zero-order valence-corrected chi connectivity index (χ0v) is 10.4. The van der Waals surface area contributed by atoms with Crippen LogP contribution in [0, 0.1) is 5.82 Å². The minimum atomic E-state index is -0.286. The predicted octanol–water partition coefficient (Wildman–Crippen LogP) is 4.74. The number of para-hydroxylation sites is 1. The zero-order chi connectivity index (χ0) is 12.3. The summed E-state index contributed by atoms with van der Waals surface area (Å²) in [5.41, 5.74) is 1.28. The van der Waals surface area contributed by atoms with E-state index in [0.717, 1.165) is 5.56 Å². The van der Waals surface area contributed by atoms with Gasteiger partial charge in [0.05, 0.1) is 15.7 Å². The van der Waals surface area contributed by atoms with E-state index in [1.165, 1.54) is 6.07 Å². The molecule has 0 aliphatic rings. The molecule has 88 valence electrons. The molecule has 0 heterocycles. The lowest BCUT2D eigenvalue weighted by Gasteiger charge is -2.09. The molecule has 0 spiro atoms. The lowest BCUT2D eigenvalue weighted by atomic mass is 10.2. The molecule has 0 radical (unpaired) electrons. The van der Waals surface area contributed by atoms with Gasteiger partial charge in [-0.05, 0) is 23.8 Å². The summed E-state index contributed by atoms with van der Waals surface area (Å²) >= 11 is 11.9. The van der Waals surface area contributed by atoms with Crippen molar-refractivity contribution >= 4 is 28.9 Å². The van der Waals surface area contributed by atoms with Gasteiger partial charge in [0, 0.05) is 6.54 Å². The summed E-state index contributed by atoms with van der Waals surface area (Å²) in [6, 6.07) is 11.9. The molecular formula is C13H10Cl2FN. The van der Waals surface area contributed by atoms with Crippen molar-refractivity contribution in [2.24, 2.45) is 0 Å². The molecule has 0 bridgehead atoms. The molecule has 1 N–H and O–H groups in total. The van der Waals surface area contributed by atoms with Crippen LogP contribution in [-0.2, 0) is 6.54 Å². The van der Waals surface area contributed by atoms with Gasteiger partial charge in [0.1, 0.15) is 5.82 Å². The molecule has 0 amide bonds. The fraction of sp³-hybridized carbons (Fsp3) is 0.0769. The normalized spacial score (nSPS) is 10.3. The van der Waals surface area contributed by atoms with Gasteiger partial charge >= 0.3 is 0 Å². The monoisotopic (exact) mass is 269 g/mol. The zero-order valence-electron chi connectivity index (χ0n) is 8.88. The number of nitrogens with one attached hydrogen (secondary N) is 1. The highest BCUT2D eigenvalue weighted by Gasteiger charge is 2.05. The van der Waals surface area contributed by atoms with Crippen molar-refractivity contribution in [1.82, 2.24) is 0 Å². The van der Waals surface area contributed by atoms with Crippen LogP contribution < -0.4 is 5.32 Å². The summed E-state index contributed by atoms with van der Waals surface area (Å²) in [5, 5.41) is 3.98. The van der Waals surface area contributed by atoms with Gasteiger partial charge in [-0.25, -0.2) is 4.39 Å². The Morgan fingerprint density at radius 1 is 1.00 bits per heavy atom. The predicted molar refractivity (Wildman–Crippen MR) is 70.2 cm³/mol. The number of hydrogen-bond donors (Lipinski definition) is 1. The van der Waals surface area contributed by atoms with Gasteiger partial charge in [0.25, 0.3) is 0 Å². The molecule has 0 unspecified atom stereocenters. The third-order valence-electron chi connectivity index (χ3n) is 2.37. The van der Waals surface area contributed by atoms with Crippen LogP contribution in [0.15, 0.2) is 42.5 Å². The molecule has 0 aliphatic carbocycles. The second-order valence-corrected chi connectivity index (χ2v) is 4.33. The van der Waals surface area contributed by atoms with E-state index in [0.29, 0.717) is 22.3 Å². The summed E-state index contributed by atoms with van der Waals surface area (Å²) < 4.78 is 13.4. The van der Waals surface area contributed by atoms with Crippen LogP contribution in [0.5, 0.6) is 0 Å². The van der Waals surface area contributed by atoms with Crippen molar-refractivity contribution in [2.45, 2.75) is 6.54 Å². The molecule has 0 saturated carbocycles. The second-order valence-electron chi connectivity index (χ2n) is 3.55. The van der Waals surface area contributed by atoms with Crippen molar-refractivity contribution in [3.05, 3.63) is 63.9 Å². The number of anilines is 1. The minimum Gasteiger partial charge on any atom is -0.379 e. The molecule has 0 atom stereocenters. The van der Waals surface area contributed by atoms with Gasteiger partial charge in [0.15, 0.2) is 0 Å². The van der Waals surface area contributed by atoms with Crippen molar-refractivity contribution in [3.8, 4) is 0 Å². The summed E-state index contributed by atoms with van der Waals surface area (Å²) in [4.78, 5) is 0. The molecule has 0 fully saturated rings. The van der Waals surface area contributed by atoms with Gasteiger partial charge in [-0.2, -0.15) is 0 Å². The minimum absolute atomic E-state index is 0.286. The van der Waals surface area contributed by atoms with E-state index in [2.05, 4.69) is 5.32 Å². The van der Waals surface area contributed by atoms with Gasteiger partial charge in [-0.1, -0.05) is 47.5 Å². The average Bonchev–Trinajstić information content (AvgIpc) is 2.33. The largest absolute Gasteiger partial charge is 0.379 e. The van der Waals surface area contributed by atoms with Gasteiger partial charge in [-0.15, -0.1) is 0 Å². The van der Waals surface area contributed by atoms with E-state index in [1.807, 2.05) is 12.1 Å². The summed E-state index contributed by atoms with van der Waals surface area (Å²) in [5.74, 6) is -0.286. The summed E-state index contributed by atoms with van der Waals surface area (Å²) in [6.07, 6.45) is 0. The average molecular weight is 270 g/mol. The number of rotatable bonds is 3.